The van der Waals surface area contributed by atoms with Crippen LogP contribution in [0.15, 0.2) is 60.7 Å². The number of benzene rings is 2. The molecule has 0 atom stereocenters. The molecule has 0 spiro atoms. The summed E-state index contributed by atoms with van der Waals surface area (Å²) < 4.78 is 7.23. The minimum atomic E-state index is -0.0349. The number of methoxy groups -OCH3 is 1. The maximum atomic E-state index is 12.8. The first-order valence-corrected chi connectivity index (χ1v) is 9.99. The van der Waals surface area contributed by atoms with Crippen LogP contribution in [0.25, 0.3) is 0 Å². The Morgan fingerprint density at radius 2 is 1.83 bits per heavy atom. The topological polar surface area (TPSA) is 46.5 Å². The number of carbonyl (C=O) groups is 1. The van der Waals surface area contributed by atoms with Crippen molar-refractivity contribution in [1.82, 2.24) is 14.8 Å². The number of hydrogen-bond donors (Lipinski definition) is 1. The molecular weight excluding hydrogens is 362 g/mol. The number of ether oxygens (including phenoxy) is 1. The lowest BCUT2D eigenvalue weighted by Crippen LogP contribution is -2.30. The highest BCUT2D eigenvalue weighted by molar-refractivity contribution is 5.93. The molecule has 0 fully saturated rings. The monoisotopic (exact) mass is 389 g/mol. The van der Waals surface area contributed by atoms with Gasteiger partial charge in [-0.25, -0.2) is 0 Å². The van der Waals surface area contributed by atoms with Crippen LogP contribution in [0.5, 0.6) is 5.75 Å². The van der Waals surface area contributed by atoms with Gasteiger partial charge in [0.25, 0.3) is 5.91 Å². The van der Waals surface area contributed by atoms with Gasteiger partial charge < -0.3 is 14.6 Å². The quantitative estimate of drug-likeness (QED) is 0.702. The van der Waals surface area contributed by atoms with Crippen molar-refractivity contribution in [2.24, 2.45) is 7.05 Å². The van der Waals surface area contributed by atoms with Gasteiger partial charge >= 0.3 is 0 Å². The van der Waals surface area contributed by atoms with E-state index in [2.05, 4.69) is 45.1 Å². The van der Waals surface area contributed by atoms with Crippen LogP contribution in [-0.2, 0) is 33.1 Å². The molecule has 0 radical (unpaired) electrons. The molecule has 0 bridgehead atoms. The molecule has 150 valence electrons. The first-order valence-electron chi connectivity index (χ1n) is 9.99. The molecule has 4 rings (SSSR count). The van der Waals surface area contributed by atoms with Crippen LogP contribution in [0.1, 0.15) is 32.9 Å². The van der Waals surface area contributed by atoms with Crippen molar-refractivity contribution < 1.29 is 9.53 Å². The highest BCUT2D eigenvalue weighted by Gasteiger charge is 2.23. The van der Waals surface area contributed by atoms with E-state index >= 15 is 0 Å². The molecule has 3 aromatic rings. The SMILES string of the molecule is COc1ccc(CNC(=O)c2cc3c(n2C)CCN(Cc2ccccc2)C3)cc1. The van der Waals surface area contributed by atoms with E-state index in [1.165, 1.54) is 16.8 Å². The minimum absolute atomic E-state index is 0.0349. The van der Waals surface area contributed by atoms with E-state index in [9.17, 15) is 4.79 Å². The summed E-state index contributed by atoms with van der Waals surface area (Å²) in [5, 5.41) is 3.04. The summed E-state index contributed by atoms with van der Waals surface area (Å²) in [6.07, 6.45) is 0.963. The Morgan fingerprint density at radius 3 is 2.55 bits per heavy atom. The van der Waals surface area contributed by atoms with E-state index in [0.29, 0.717) is 6.54 Å². The van der Waals surface area contributed by atoms with Crippen LogP contribution in [-0.4, -0.2) is 29.0 Å². The fourth-order valence-electron chi connectivity index (χ4n) is 3.97. The molecule has 1 aliphatic rings. The number of aromatic nitrogens is 1. The average molecular weight is 389 g/mol. The first kappa shape index (κ1) is 19.3. The number of carbonyl (C=O) groups excluding carboxylic acids is 1. The van der Waals surface area contributed by atoms with Crippen LogP contribution in [0.2, 0.25) is 0 Å². The Balaban J connectivity index is 1.41. The van der Waals surface area contributed by atoms with Crippen LogP contribution in [0.4, 0.5) is 0 Å². The zero-order chi connectivity index (χ0) is 20.2. The third-order valence-corrected chi connectivity index (χ3v) is 5.60. The van der Waals surface area contributed by atoms with Gasteiger partial charge in [0.1, 0.15) is 11.4 Å². The second kappa shape index (κ2) is 8.53. The van der Waals surface area contributed by atoms with Crippen molar-refractivity contribution >= 4 is 5.91 Å². The Morgan fingerprint density at radius 1 is 1.07 bits per heavy atom. The van der Waals surface area contributed by atoms with E-state index in [1.807, 2.05) is 37.4 Å². The zero-order valence-corrected chi connectivity index (χ0v) is 17.0. The number of amides is 1. The Hall–Kier alpha value is -3.05. The van der Waals surface area contributed by atoms with Crippen molar-refractivity contribution in [3.05, 3.63) is 88.7 Å². The van der Waals surface area contributed by atoms with E-state index in [4.69, 9.17) is 4.74 Å². The maximum Gasteiger partial charge on any atom is 0.268 e. The summed E-state index contributed by atoms with van der Waals surface area (Å²) in [5.41, 5.74) is 5.62. The number of nitrogens with one attached hydrogen (secondary N) is 1. The average Bonchev–Trinajstić information content (AvgIpc) is 3.09. The number of fused-ring (bicyclic) bond motifs is 1. The molecule has 1 amide bonds. The number of nitrogens with zero attached hydrogens (tertiary/aromatic N) is 2. The Kier molecular flexibility index (Phi) is 5.67. The standard InChI is InChI=1S/C24H27N3O2/c1-26-22-12-13-27(16-19-6-4-3-5-7-19)17-20(22)14-23(26)24(28)25-15-18-8-10-21(29-2)11-9-18/h3-11,14H,12-13,15-17H2,1-2H3,(H,25,28). The zero-order valence-electron chi connectivity index (χ0n) is 17.0. The lowest BCUT2D eigenvalue weighted by atomic mass is 10.1. The smallest absolute Gasteiger partial charge is 0.268 e. The molecule has 5 heteroatoms. The van der Waals surface area contributed by atoms with E-state index < -0.39 is 0 Å². The summed E-state index contributed by atoms with van der Waals surface area (Å²) in [6.45, 7) is 3.32. The second-order valence-electron chi connectivity index (χ2n) is 7.54. The van der Waals surface area contributed by atoms with Crippen molar-refractivity contribution in [2.75, 3.05) is 13.7 Å². The summed E-state index contributed by atoms with van der Waals surface area (Å²) >= 11 is 0. The molecule has 29 heavy (non-hydrogen) atoms. The van der Waals surface area contributed by atoms with Gasteiger partial charge in [0.15, 0.2) is 0 Å². The van der Waals surface area contributed by atoms with Gasteiger partial charge in [0.05, 0.1) is 7.11 Å². The van der Waals surface area contributed by atoms with Crippen molar-refractivity contribution in [3.63, 3.8) is 0 Å². The minimum Gasteiger partial charge on any atom is -0.497 e. The van der Waals surface area contributed by atoms with Crippen molar-refractivity contribution in [3.8, 4) is 5.75 Å². The molecule has 1 aliphatic heterocycles. The molecule has 2 aromatic carbocycles. The normalized spacial score (nSPS) is 13.7. The molecule has 2 heterocycles. The van der Waals surface area contributed by atoms with Crippen molar-refractivity contribution in [1.29, 1.82) is 0 Å². The largest absolute Gasteiger partial charge is 0.497 e. The third-order valence-electron chi connectivity index (χ3n) is 5.60. The second-order valence-corrected chi connectivity index (χ2v) is 7.54. The molecule has 0 unspecified atom stereocenters. The highest BCUT2D eigenvalue weighted by atomic mass is 16.5. The van der Waals surface area contributed by atoms with Gasteiger partial charge in [-0.05, 0) is 34.9 Å². The Labute approximate surface area is 171 Å². The molecule has 0 aliphatic carbocycles. The third kappa shape index (κ3) is 4.35. The molecule has 0 saturated heterocycles. The molecule has 1 aromatic heterocycles. The van der Waals surface area contributed by atoms with Crippen molar-refractivity contribution in [2.45, 2.75) is 26.1 Å². The van der Waals surface area contributed by atoms with E-state index in [-0.39, 0.29) is 5.91 Å². The molecular formula is C24H27N3O2. The summed E-state index contributed by atoms with van der Waals surface area (Å²) in [7, 11) is 3.64. The molecule has 0 saturated carbocycles. The van der Waals surface area contributed by atoms with E-state index in [1.54, 1.807) is 7.11 Å². The van der Waals surface area contributed by atoms with Gasteiger partial charge in [-0.15, -0.1) is 0 Å². The van der Waals surface area contributed by atoms with Gasteiger partial charge in [0.2, 0.25) is 0 Å². The lowest BCUT2D eigenvalue weighted by molar-refractivity contribution is 0.0942. The van der Waals surface area contributed by atoms with Crippen LogP contribution in [0, 0.1) is 0 Å². The Bertz CT molecular complexity index is 977. The van der Waals surface area contributed by atoms with E-state index in [0.717, 1.165) is 43.1 Å². The summed E-state index contributed by atoms with van der Waals surface area (Å²) in [6, 6.07) is 20.3. The summed E-state index contributed by atoms with van der Waals surface area (Å²) in [5.74, 6) is 0.780. The van der Waals surface area contributed by atoms with Gasteiger partial charge in [0, 0.05) is 45.3 Å². The first-order chi connectivity index (χ1) is 14.1. The fourth-order valence-corrected chi connectivity index (χ4v) is 3.97. The van der Waals surface area contributed by atoms with Gasteiger partial charge in [-0.2, -0.15) is 0 Å². The molecule has 1 N–H and O–H groups in total. The van der Waals surface area contributed by atoms with Gasteiger partial charge in [-0.3, -0.25) is 9.69 Å². The van der Waals surface area contributed by atoms with Crippen LogP contribution >= 0.6 is 0 Å². The molecule has 5 nitrogen and oxygen atoms in total. The predicted molar refractivity (Wildman–Crippen MR) is 114 cm³/mol. The maximum absolute atomic E-state index is 12.8. The predicted octanol–water partition coefficient (Wildman–Crippen LogP) is 3.52. The number of rotatable bonds is 6. The van der Waals surface area contributed by atoms with Crippen LogP contribution < -0.4 is 10.1 Å². The van der Waals surface area contributed by atoms with Crippen LogP contribution in [0.3, 0.4) is 0 Å². The number of hydrogen-bond acceptors (Lipinski definition) is 3. The highest BCUT2D eigenvalue weighted by Crippen LogP contribution is 2.24. The van der Waals surface area contributed by atoms with Gasteiger partial charge in [-0.1, -0.05) is 42.5 Å². The summed E-state index contributed by atoms with van der Waals surface area (Å²) in [4.78, 5) is 15.2. The lowest BCUT2D eigenvalue weighted by Gasteiger charge is -2.27. The fraction of sp³-hybridized carbons (Fsp3) is 0.292.